The molecular formula is C33H38N4O3. The van der Waals surface area contributed by atoms with Gasteiger partial charge in [0.2, 0.25) is 5.91 Å². The smallest absolute Gasteiger partial charge is 0.336 e. The van der Waals surface area contributed by atoms with Crippen LogP contribution in [0, 0.1) is 5.92 Å². The number of carbonyl (C=O) groups is 2. The predicted octanol–water partition coefficient (Wildman–Crippen LogP) is 7.12. The van der Waals surface area contributed by atoms with E-state index in [2.05, 4.69) is 11.5 Å². The number of imidazole rings is 1. The normalized spacial score (nSPS) is 13.9. The largest absolute Gasteiger partial charge is 0.478 e. The summed E-state index contributed by atoms with van der Waals surface area (Å²) in [4.78, 5) is 36.9. The molecule has 0 bridgehead atoms. The second-order valence-corrected chi connectivity index (χ2v) is 10.7. The maximum atomic E-state index is 13.4. The number of carboxylic acids is 1. The van der Waals surface area contributed by atoms with Crippen LogP contribution in [-0.4, -0.2) is 38.1 Å². The SMILES string of the molecule is CCCCc1nc2ccc(N(CC)C(=O)C3CCCCC3)nc2n1Cc1ccc(-c2ccccc2C(=O)O)cc1. The second-order valence-electron chi connectivity index (χ2n) is 10.7. The Kier molecular flexibility index (Phi) is 8.58. The van der Waals surface area contributed by atoms with Crippen molar-refractivity contribution < 1.29 is 14.7 Å². The molecule has 2 aromatic heterocycles. The summed E-state index contributed by atoms with van der Waals surface area (Å²) in [5.41, 5.74) is 4.56. The fraction of sp³-hybridized carbons (Fsp3) is 0.394. The van der Waals surface area contributed by atoms with E-state index in [9.17, 15) is 14.7 Å². The number of benzene rings is 2. The van der Waals surface area contributed by atoms with E-state index in [1.54, 1.807) is 12.1 Å². The lowest BCUT2D eigenvalue weighted by molar-refractivity contribution is -0.123. The first-order chi connectivity index (χ1) is 19.5. The van der Waals surface area contributed by atoms with Crippen molar-refractivity contribution >= 4 is 28.9 Å². The third-order valence-corrected chi connectivity index (χ3v) is 7.99. The number of fused-ring (bicyclic) bond motifs is 1. The minimum absolute atomic E-state index is 0.0843. The zero-order valence-corrected chi connectivity index (χ0v) is 23.5. The summed E-state index contributed by atoms with van der Waals surface area (Å²) in [6.07, 6.45) is 8.33. The lowest BCUT2D eigenvalue weighted by Gasteiger charge is -2.27. The first-order valence-corrected chi connectivity index (χ1v) is 14.6. The molecule has 0 spiro atoms. The average Bonchev–Trinajstić information content (AvgIpc) is 3.33. The zero-order chi connectivity index (χ0) is 28.1. The molecule has 0 aliphatic heterocycles. The summed E-state index contributed by atoms with van der Waals surface area (Å²) in [6, 6.07) is 19.0. The maximum absolute atomic E-state index is 13.4. The van der Waals surface area contributed by atoms with Crippen LogP contribution in [0.15, 0.2) is 60.7 Å². The van der Waals surface area contributed by atoms with Crippen LogP contribution >= 0.6 is 0 Å². The first-order valence-electron chi connectivity index (χ1n) is 14.6. The van der Waals surface area contributed by atoms with Crippen LogP contribution in [0.4, 0.5) is 5.82 Å². The average molecular weight is 539 g/mol. The van der Waals surface area contributed by atoms with E-state index in [-0.39, 0.29) is 17.4 Å². The molecule has 1 saturated carbocycles. The van der Waals surface area contributed by atoms with Crippen LogP contribution in [0.2, 0.25) is 0 Å². The molecule has 0 unspecified atom stereocenters. The van der Waals surface area contributed by atoms with Crippen LogP contribution in [0.3, 0.4) is 0 Å². The minimum Gasteiger partial charge on any atom is -0.478 e. The van der Waals surface area contributed by atoms with E-state index in [4.69, 9.17) is 9.97 Å². The van der Waals surface area contributed by atoms with Crippen molar-refractivity contribution in [3.63, 3.8) is 0 Å². The third-order valence-electron chi connectivity index (χ3n) is 7.99. The van der Waals surface area contributed by atoms with Gasteiger partial charge >= 0.3 is 5.97 Å². The molecule has 1 aliphatic rings. The highest BCUT2D eigenvalue weighted by Gasteiger charge is 2.27. The third kappa shape index (κ3) is 5.79. The van der Waals surface area contributed by atoms with Crippen LogP contribution in [0.25, 0.3) is 22.3 Å². The number of hydrogen-bond donors (Lipinski definition) is 1. The fourth-order valence-corrected chi connectivity index (χ4v) is 5.78. The number of aromatic carboxylic acids is 1. The minimum atomic E-state index is -0.935. The Morgan fingerprint density at radius 3 is 2.40 bits per heavy atom. The van der Waals surface area contributed by atoms with Gasteiger partial charge in [-0.1, -0.05) is 75.1 Å². The van der Waals surface area contributed by atoms with Gasteiger partial charge < -0.3 is 9.67 Å². The van der Waals surface area contributed by atoms with Crippen molar-refractivity contribution in [3.8, 4) is 11.1 Å². The molecule has 1 N–H and O–H groups in total. The quantitative estimate of drug-likeness (QED) is 0.232. The van der Waals surface area contributed by atoms with Gasteiger partial charge in [-0.05, 0) is 61.1 Å². The number of amides is 1. The molecular weight excluding hydrogens is 500 g/mol. The highest BCUT2D eigenvalue weighted by Crippen LogP contribution is 2.29. The van der Waals surface area contributed by atoms with Crippen molar-refractivity contribution in [2.75, 3.05) is 11.4 Å². The number of pyridine rings is 1. The van der Waals surface area contributed by atoms with E-state index < -0.39 is 5.97 Å². The van der Waals surface area contributed by atoms with Gasteiger partial charge in [0, 0.05) is 18.9 Å². The Balaban J connectivity index is 1.47. The van der Waals surface area contributed by atoms with Crippen molar-refractivity contribution in [2.45, 2.75) is 71.8 Å². The summed E-state index contributed by atoms with van der Waals surface area (Å²) in [7, 11) is 0. The number of aryl methyl sites for hydroxylation is 1. The van der Waals surface area contributed by atoms with Crippen molar-refractivity contribution in [2.24, 2.45) is 5.92 Å². The lowest BCUT2D eigenvalue weighted by atomic mass is 9.88. The summed E-state index contributed by atoms with van der Waals surface area (Å²) >= 11 is 0. The number of unbranched alkanes of at least 4 members (excludes halogenated alkanes) is 1. The molecule has 4 aromatic rings. The second kappa shape index (κ2) is 12.5. The molecule has 40 heavy (non-hydrogen) atoms. The van der Waals surface area contributed by atoms with Crippen molar-refractivity contribution in [1.29, 1.82) is 0 Å². The Bertz CT molecular complexity index is 1490. The van der Waals surface area contributed by atoms with Crippen LogP contribution in [0.1, 0.15) is 80.5 Å². The van der Waals surface area contributed by atoms with E-state index in [0.29, 0.717) is 24.5 Å². The number of carboxylic acid groups (broad SMARTS) is 1. The standard InChI is InChI=1S/C33H38N4O3/c1-3-5-15-29-34-28-20-21-30(36(4-2)32(38)25-11-7-6-8-12-25)35-31(28)37(29)22-23-16-18-24(19-17-23)26-13-9-10-14-27(26)33(39)40/h9-10,13-14,16-21,25H,3-8,11-12,15,22H2,1-2H3,(H,39,40). The van der Waals surface area contributed by atoms with Crippen LogP contribution in [0.5, 0.6) is 0 Å². The summed E-state index contributed by atoms with van der Waals surface area (Å²) in [5, 5.41) is 9.60. The van der Waals surface area contributed by atoms with E-state index >= 15 is 0 Å². The highest BCUT2D eigenvalue weighted by molar-refractivity contribution is 5.96. The number of hydrogen-bond acceptors (Lipinski definition) is 4. The molecule has 0 atom stereocenters. The monoisotopic (exact) mass is 538 g/mol. The molecule has 1 amide bonds. The van der Waals surface area contributed by atoms with Crippen molar-refractivity contribution in [1.82, 2.24) is 14.5 Å². The Morgan fingerprint density at radius 2 is 1.70 bits per heavy atom. The van der Waals surface area contributed by atoms with Gasteiger partial charge in [-0.15, -0.1) is 0 Å². The van der Waals surface area contributed by atoms with E-state index in [1.807, 2.05) is 60.4 Å². The summed E-state index contributed by atoms with van der Waals surface area (Å²) in [6.45, 7) is 5.37. The molecule has 0 saturated heterocycles. The number of aromatic nitrogens is 3. The molecule has 7 heteroatoms. The lowest BCUT2D eigenvalue weighted by Crippen LogP contribution is -2.37. The number of nitrogens with zero attached hydrogens (tertiary/aromatic N) is 4. The summed E-state index contributed by atoms with van der Waals surface area (Å²) < 4.78 is 2.17. The van der Waals surface area contributed by atoms with Gasteiger partial charge in [-0.25, -0.2) is 14.8 Å². The van der Waals surface area contributed by atoms with Crippen LogP contribution in [-0.2, 0) is 17.8 Å². The Labute approximate surface area is 235 Å². The van der Waals surface area contributed by atoms with Gasteiger partial charge in [-0.2, -0.15) is 0 Å². The number of anilines is 1. The van der Waals surface area contributed by atoms with Gasteiger partial charge in [0.05, 0.1) is 12.1 Å². The van der Waals surface area contributed by atoms with Crippen molar-refractivity contribution in [3.05, 3.63) is 77.6 Å². The van der Waals surface area contributed by atoms with Gasteiger partial charge in [0.15, 0.2) is 5.65 Å². The molecule has 7 nitrogen and oxygen atoms in total. The highest BCUT2D eigenvalue weighted by atomic mass is 16.4. The van der Waals surface area contributed by atoms with Crippen LogP contribution < -0.4 is 4.90 Å². The Hall–Kier alpha value is -4.00. The molecule has 1 fully saturated rings. The molecule has 208 valence electrons. The maximum Gasteiger partial charge on any atom is 0.336 e. The molecule has 5 rings (SSSR count). The number of carbonyl (C=O) groups excluding carboxylic acids is 1. The Morgan fingerprint density at radius 1 is 0.950 bits per heavy atom. The number of rotatable bonds is 10. The van der Waals surface area contributed by atoms with Gasteiger partial charge in [0.25, 0.3) is 0 Å². The summed E-state index contributed by atoms with van der Waals surface area (Å²) in [5.74, 6) is 1.01. The molecule has 2 heterocycles. The zero-order valence-electron chi connectivity index (χ0n) is 23.5. The fourth-order valence-electron chi connectivity index (χ4n) is 5.78. The molecule has 1 aliphatic carbocycles. The van der Waals surface area contributed by atoms with Gasteiger partial charge in [-0.3, -0.25) is 9.69 Å². The first kappa shape index (κ1) is 27.6. The predicted molar refractivity (Wildman–Crippen MR) is 159 cm³/mol. The molecule has 2 aromatic carbocycles. The molecule has 0 radical (unpaired) electrons. The topological polar surface area (TPSA) is 88.3 Å². The van der Waals surface area contributed by atoms with Gasteiger partial charge in [0.1, 0.15) is 17.2 Å². The van der Waals surface area contributed by atoms with E-state index in [1.165, 1.54) is 6.42 Å². The van der Waals surface area contributed by atoms with E-state index in [0.717, 1.165) is 73.1 Å².